The van der Waals surface area contributed by atoms with Crippen LogP contribution >= 0.6 is 11.5 Å². The summed E-state index contributed by atoms with van der Waals surface area (Å²) in [5, 5.41) is 10.0. The predicted octanol–water partition coefficient (Wildman–Crippen LogP) is 2.91. The molecule has 82 valence electrons. The minimum Gasteiger partial charge on any atom is -0.504 e. The zero-order chi connectivity index (χ0) is 11.0. The van der Waals surface area contributed by atoms with E-state index in [1.807, 2.05) is 0 Å². The molecule has 0 radical (unpaired) electrons. The van der Waals surface area contributed by atoms with E-state index in [-0.39, 0.29) is 5.75 Å². The van der Waals surface area contributed by atoms with Crippen molar-refractivity contribution < 1.29 is 9.84 Å². The van der Waals surface area contributed by atoms with Crippen LogP contribution in [0.25, 0.3) is 0 Å². The van der Waals surface area contributed by atoms with E-state index in [2.05, 4.69) is 9.36 Å². The molecule has 1 aromatic carbocycles. The Hall–Kier alpha value is -1.62. The maximum Gasteiger partial charge on any atom is 0.298 e. The van der Waals surface area contributed by atoms with Gasteiger partial charge < -0.3 is 9.84 Å². The van der Waals surface area contributed by atoms with Crippen LogP contribution in [-0.4, -0.2) is 14.5 Å². The van der Waals surface area contributed by atoms with Crippen molar-refractivity contribution >= 4 is 11.5 Å². The highest BCUT2D eigenvalue weighted by atomic mass is 32.1. The maximum absolute atomic E-state index is 9.53. The van der Waals surface area contributed by atoms with Crippen molar-refractivity contribution in [2.75, 3.05) is 0 Å². The molecule has 0 atom stereocenters. The van der Waals surface area contributed by atoms with Crippen LogP contribution in [0.1, 0.15) is 24.6 Å². The fourth-order valence-electron chi connectivity index (χ4n) is 1.41. The molecule has 0 unspecified atom stereocenters. The molecule has 1 aromatic heterocycles. The average Bonchev–Trinajstić information content (AvgIpc) is 3.03. The van der Waals surface area contributed by atoms with E-state index in [0.29, 0.717) is 16.9 Å². The molecule has 0 bridgehead atoms. The second-order valence-electron chi connectivity index (χ2n) is 3.76. The minimum atomic E-state index is 0.116. The SMILES string of the molecule is Oc1ccccc1Oc1nc(C2CC2)ns1. The van der Waals surface area contributed by atoms with Gasteiger partial charge in [0.2, 0.25) is 0 Å². The van der Waals surface area contributed by atoms with Crippen molar-refractivity contribution in [3.63, 3.8) is 0 Å². The number of phenolic OH excluding ortho intramolecular Hbond substituents is 1. The Balaban J connectivity index is 1.80. The van der Waals surface area contributed by atoms with Crippen LogP contribution < -0.4 is 4.74 Å². The number of hydrogen-bond donors (Lipinski definition) is 1. The molecule has 1 heterocycles. The van der Waals surface area contributed by atoms with E-state index < -0.39 is 0 Å². The van der Waals surface area contributed by atoms with E-state index in [9.17, 15) is 5.11 Å². The molecular weight excluding hydrogens is 224 g/mol. The maximum atomic E-state index is 9.53. The molecule has 0 amide bonds. The van der Waals surface area contributed by atoms with Gasteiger partial charge in [0.05, 0.1) is 0 Å². The number of ether oxygens (including phenoxy) is 1. The van der Waals surface area contributed by atoms with Crippen molar-refractivity contribution in [1.29, 1.82) is 0 Å². The van der Waals surface area contributed by atoms with Gasteiger partial charge in [-0.3, -0.25) is 0 Å². The first-order chi connectivity index (χ1) is 7.83. The van der Waals surface area contributed by atoms with E-state index in [4.69, 9.17) is 4.74 Å². The Bertz CT molecular complexity index is 508. The first-order valence-corrected chi connectivity index (χ1v) is 5.90. The van der Waals surface area contributed by atoms with Crippen molar-refractivity contribution in [2.24, 2.45) is 0 Å². The molecule has 1 N–H and O–H groups in total. The van der Waals surface area contributed by atoms with Crippen molar-refractivity contribution in [1.82, 2.24) is 9.36 Å². The fraction of sp³-hybridized carbons (Fsp3) is 0.273. The summed E-state index contributed by atoms with van der Waals surface area (Å²) in [7, 11) is 0. The van der Waals surface area contributed by atoms with Crippen molar-refractivity contribution in [3.05, 3.63) is 30.1 Å². The third kappa shape index (κ3) is 1.86. The number of aromatic hydroxyl groups is 1. The van der Waals surface area contributed by atoms with E-state index in [0.717, 1.165) is 5.82 Å². The molecule has 1 fully saturated rings. The van der Waals surface area contributed by atoms with Gasteiger partial charge in [0, 0.05) is 17.5 Å². The Morgan fingerprint density at radius 2 is 2.12 bits per heavy atom. The summed E-state index contributed by atoms with van der Waals surface area (Å²) < 4.78 is 9.69. The fourth-order valence-corrected chi connectivity index (χ4v) is 2.03. The Morgan fingerprint density at radius 1 is 1.31 bits per heavy atom. The highest BCUT2D eigenvalue weighted by molar-refractivity contribution is 7.07. The number of para-hydroxylation sites is 2. The van der Waals surface area contributed by atoms with Gasteiger partial charge in [0.15, 0.2) is 11.5 Å². The Kier molecular flexibility index (Phi) is 2.25. The summed E-state index contributed by atoms with van der Waals surface area (Å²) >= 11 is 1.23. The summed E-state index contributed by atoms with van der Waals surface area (Å²) in [6.07, 6.45) is 2.35. The monoisotopic (exact) mass is 234 g/mol. The quantitative estimate of drug-likeness (QED) is 0.887. The van der Waals surface area contributed by atoms with Gasteiger partial charge in [-0.15, -0.1) is 0 Å². The molecule has 0 saturated heterocycles. The van der Waals surface area contributed by atoms with Gasteiger partial charge in [-0.1, -0.05) is 12.1 Å². The van der Waals surface area contributed by atoms with Crippen LogP contribution in [-0.2, 0) is 0 Å². The van der Waals surface area contributed by atoms with Gasteiger partial charge >= 0.3 is 0 Å². The molecule has 0 spiro atoms. The van der Waals surface area contributed by atoms with E-state index >= 15 is 0 Å². The minimum absolute atomic E-state index is 0.116. The zero-order valence-corrected chi connectivity index (χ0v) is 9.28. The van der Waals surface area contributed by atoms with Gasteiger partial charge in [-0.25, -0.2) is 0 Å². The molecule has 1 aliphatic rings. The lowest BCUT2D eigenvalue weighted by Gasteiger charge is -2.02. The molecule has 1 saturated carbocycles. The second-order valence-corrected chi connectivity index (χ2v) is 4.48. The largest absolute Gasteiger partial charge is 0.504 e. The first-order valence-electron chi connectivity index (χ1n) is 5.12. The molecular formula is C11H10N2O2S. The summed E-state index contributed by atoms with van der Waals surface area (Å²) in [5.74, 6) is 1.93. The number of rotatable bonds is 3. The summed E-state index contributed by atoms with van der Waals surface area (Å²) in [5.41, 5.74) is 0. The number of nitrogens with zero attached hydrogens (tertiary/aromatic N) is 2. The normalized spacial score (nSPS) is 15.0. The highest BCUT2D eigenvalue weighted by Crippen LogP contribution is 2.40. The van der Waals surface area contributed by atoms with Gasteiger partial charge in [0.1, 0.15) is 5.82 Å². The van der Waals surface area contributed by atoms with Crippen LogP contribution in [0.15, 0.2) is 24.3 Å². The van der Waals surface area contributed by atoms with E-state index in [1.54, 1.807) is 24.3 Å². The standard InChI is InChI=1S/C11H10N2O2S/c14-8-3-1-2-4-9(8)15-11-12-10(13-16-11)7-5-6-7/h1-4,7,14H,5-6H2. The second kappa shape index (κ2) is 3.75. The molecule has 1 aliphatic carbocycles. The third-order valence-electron chi connectivity index (χ3n) is 2.43. The topological polar surface area (TPSA) is 55.2 Å². The van der Waals surface area contributed by atoms with Gasteiger partial charge in [0.25, 0.3) is 5.19 Å². The van der Waals surface area contributed by atoms with Crippen LogP contribution in [0.2, 0.25) is 0 Å². The summed E-state index contributed by atoms with van der Waals surface area (Å²) in [6.45, 7) is 0. The zero-order valence-electron chi connectivity index (χ0n) is 8.46. The number of phenols is 1. The Morgan fingerprint density at radius 3 is 2.88 bits per heavy atom. The molecule has 5 heteroatoms. The lowest BCUT2D eigenvalue weighted by molar-refractivity contribution is 0.409. The number of benzene rings is 1. The van der Waals surface area contributed by atoms with Crippen LogP contribution in [0, 0.1) is 0 Å². The average molecular weight is 234 g/mol. The highest BCUT2D eigenvalue weighted by Gasteiger charge is 2.28. The lowest BCUT2D eigenvalue weighted by Crippen LogP contribution is -1.85. The third-order valence-corrected chi connectivity index (χ3v) is 3.04. The van der Waals surface area contributed by atoms with Crippen molar-refractivity contribution in [3.8, 4) is 16.7 Å². The number of aromatic nitrogens is 2. The Labute approximate surface area is 96.7 Å². The van der Waals surface area contributed by atoms with Gasteiger partial charge in [-0.05, 0) is 25.0 Å². The van der Waals surface area contributed by atoms with Crippen LogP contribution in [0.4, 0.5) is 0 Å². The molecule has 16 heavy (non-hydrogen) atoms. The van der Waals surface area contributed by atoms with Crippen LogP contribution in [0.3, 0.4) is 0 Å². The van der Waals surface area contributed by atoms with E-state index in [1.165, 1.54) is 24.4 Å². The van der Waals surface area contributed by atoms with Gasteiger partial charge in [-0.2, -0.15) is 9.36 Å². The molecule has 4 nitrogen and oxygen atoms in total. The molecule has 3 rings (SSSR count). The van der Waals surface area contributed by atoms with Crippen LogP contribution in [0.5, 0.6) is 16.7 Å². The smallest absolute Gasteiger partial charge is 0.298 e. The number of hydrogen-bond acceptors (Lipinski definition) is 5. The van der Waals surface area contributed by atoms with Crippen molar-refractivity contribution in [2.45, 2.75) is 18.8 Å². The lowest BCUT2D eigenvalue weighted by atomic mass is 10.3. The molecule has 0 aliphatic heterocycles. The predicted molar refractivity (Wildman–Crippen MR) is 60.1 cm³/mol. The summed E-state index contributed by atoms with van der Waals surface area (Å²) in [4.78, 5) is 4.28. The first kappa shape index (κ1) is 9.59. The molecule has 2 aromatic rings. The summed E-state index contributed by atoms with van der Waals surface area (Å²) in [6, 6.07) is 6.83.